The summed E-state index contributed by atoms with van der Waals surface area (Å²) in [5.74, 6) is -1.18. The number of carbonyl (C=O) groups is 5. The van der Waals surface area contributed by atoms with Gasteiger partial charge in [-0.25, -0.2) is 4.79 Å². The van der Waals surface area contributed by atoms with Crippen molar-refractivity contribution in [2.75, 3.05) is 11.9 Å². The van der Waals surface area contributed by atoms with Crippen LogP contribution in [0.2, 0.25) is 0 Å². The second kappa shape index (κ2) is 19.0. The normalized spacial score (nSPS) is 12.9. The number of hydrogen-bond acceptors (Lipinski definition) is 6. The fourth-order valence-electron chi connectivity index (χ4n) is 4.43. The standard InChI is InChI=1S/C33H54N4O6/c1-22(2)12-9-8-10-14-28(39)37-29(23(3)4)27(38)20-25(13-11-19-35-32(34)42)30(40)36-26-17-15-24(16-18-26)21-43-31(41)33(5,6)7/h15-18,22-23,25,29H,8-14,19-21H2,1-7H3,(H,36,40)(H,37,39)(H3,34,35,42)/t25-,29+/m1/s1. The number of ketones is 1. The Bertz CT molecular complexity index is 1050. The molecule has 1 aromatic carbocycles. The van der Waals surface area contributed by atoms with Crippen LogP contribution in [0.5, 0.6) is 0 Å². The third kappa shape index (κ3) is 16.1. The maximum atomic E-state index is 13.4. The van der Waals surface area contributed by atoms with Gasteiger partial charge in [0.1, 0.15) is 6.61 Å². The van der Waals surface area contributed by atoms with Crippen LogP contribution in [0.3, 0.4) is 0 Å². The lowest BCUT2D eigenvalue weighted by atomic mass is 9.89. The van der Waals surface area contributed by atoms with E-state index in [1.54, 1.807) is 45.0 Å². The summed E-state index contributed by atoms with van der Waals surface area (Å²) in [6.07, 6.45) is 5.04. The van der Waals surface area contributed by atoms with Gasteiger partial charge in [-0.3, -0.25) is 19.2 Å². The maximum absolute atomic E-state index is 13.4. The van der Waals surface area contributed by atoms with Crippen LogP contribution in [0.1, 0.15) is 105 Å². The molecule has 1 aromatic rings. The molecule has 0 bridgehead atoms. The predicted octanol–water partition coefficient (Wildman–Crippen LogP) is 5.49. The highest BCUT2D eigenvalue weighted by Gasteiger charge is 2.29. The topological polar surface area (TPSA) is 157 Å². The first-order valence-electron chi connectivity index (χ1n) is 15.5. The Kier molecular flexibility index (Phi) is 16.6. The molecule has 0 aromatic heterocycles. The summed E-state index contributed by atoms with van der Waals surface area (Å²) < 4.78 is 5.34. The molecule has 10 nitrogen and oxygen atoms in total. The number of urea groups is 1. The molecule has 0 heterocycles. The average molecular weight is 603 g/mol. The quantitative estimate of drug-likeness (QED) is 0.121. The first-order valence-corrected chi connectivity index (χ1v) is 15.5. The Morgan fingerprint density at radius 1 is 0.884 bits per heavy atom. The summed E-state index contributed by atoms with van der Waals surface area (Å²) in [5.41, 5.74) is 5.87. The first kappa shape index (κ1) is 37.6. The zero-order valence-electron chi connectivity index (χ0n) is 27.2. The molecule has 0 aliphatic carbocycles. The number of carbonyl (C=O) groups excluding carboxylic acids is 5. The van der Waals surface area contributed by atoms with Crippen LogP contribution in [0.15, 0.2) is 24.3 Å². The number of nitrogens with one attached hydrogen (secondary N) is 3. The van der Waals surface area contributed by atoms with Gasteiger partial charge in [0.15, 0.2) is 5.78 Å². The molecule has 0 saturated heterocycles. The molecule has 242 valence electrons. The smallest absolute Gasteiger partial charge is 0.312 e. The van der Waals surface area contributed by atoms with E-state index in [0.717, 1.165) is 31.2 Å². The molecular formula is C33H54N4O6. The van der Waals surface area contributed by atoms with E-state index in [1.165, 1.54) is 0 Å². The number of unbranched alkanes of at least 4 members (excludes halogenated alkanes) is 2. The lowest BCUT2D eigenvalue weighted by Crippen LogP contribution is -2.45. The minimum Gasteiger partial charge on any atom is -0.460 e. The third-order valence-corrected chi connectivity index (χ3v) is 7.07. The Labute approximate surface area is 257 Å². The predicted molar refractivity (Wildman–Crippen MR) is 169 cm³/mol. The summed E-state index contributed by atoms with van der Waals surface area (Å²) in [7, 11) is 0. The van der Waals surface area contributed by atoms with Gasteiger partial charge in [-0.2, -0.15) is 0 Å². The number of nitrogens with two attached hydrogens (primary N) is 1. The van der Waals surface area contributed by atoms with E-state index >= 15 is 0 Å². The van der Waals surface area contributed by atoms with Crippen molar-refractivity contribution >= 4 is 35.3 Å². The number of ether oxygens (including phenoxy) is 1. The number of primary amides is 1. The second-order valence-electron chi connectivity index (χ2n) is 13.1. The molecule has 0 spiro atoms. The van der Waals surface area contributed by atoms with Crippen molar-refractivity contribution in [3.8, 4) is 0 Å². The van der Waals surface area contributed by atoms with Gasteiger partial charge >= 0.3 is 12.0 Å². The van der Waals surface area contributed by atoms with Crippen molar-refractivity contribution < 1.29 is 28.7 Å². The summed E-state index contributed by atoms with van der Waals surface area (Å²) >= 11 is 0. The van der Waals surface area contributed by atoms with E-state index < -0.39 is 23.4 Å². The third-order valence-electron chi connectivity index (χ3n) is 7.07. The minimum atomic E-state index is -0.697. The Morgan fingerprint density at radius 2 is 1.53 bits per heavy atom. The van der Waals surface area contributed by atoms with Crippen LogP contribution < -0.4 is 21.7 Å². The lowest BCUT2D eigenvalue weighted by Gasteiger charge is -2.24. The molecule has 4 amide bonds. The minimum absolute atomic E-state index is 0.0548. The van der Waals surface area contributed by atoms with E-state index in [0.29, 0.717) is 30.9 Å². The van der Waals surface area contributed by atoms with Gasteiger partial charge in [-0.05, 0) is 69.6 Å². The average Bonchev–Trinajstić information content (AvgIpc) is 2.91. The number of hydrogen-bond donors (Lipinski definition) is 4. The summed E-state index contributed by atoms with van der Waals surface area (Å²) in [6, 6.07) is 5.59. The van der Waals surface area contributed by atoms with Crippen molar-refractivity contribution in [2.45, 2.75) is 112 Å². The number of benzene rings is 1. The lowest BCUT2D eigenvalue weighted by molar-refractivity contribution is -0.154. The van der Waals surface area contributed by atoms with Crippen molar-refractivity contribution in [1.29, 1.82) is 0 Å². The molecule has 10 heteroatoms. The number of anilines is 1. The van der Waals surface area contributed by atoms with Crippen LogP contribution in [-0.4, -0.2) is 42.2 Å². The molecular weight excluding hydrogens is 548 g/mol. The zero-order chi connectivity index (χ0) is 32.6. The van der Waals surface area contributed by atoms with Crippen molar-refractivity contribution in [1.82, 2.24) is 10.6 Å². The fourth-order valence-corrected chi connectivity index (χ4v) is 4.43. The van der Waals surface area contributed by atoms with Gasteiger partial charge in [-0.1, -0.05) is 59.1 Å². The second-order valence-corrected chi connectivity index (χ2v) is 13.1. The number of esters is 1. The SMILES string of the molecule is CC(C)CCCCCC(=O)N[C@H](C(=O)C[C@@H](CCCNC(N)=O)C(=O)Nc1ccc(COC(=O)C(C)(C)C)cc1)C(C)C. The van der Waals surface area contributed by atoms with E-state index in [2.05, 4.69) is 29.8 Å². The van der Waals surface area contributed by atoms with Crippen molar-refractivity contribution in [3.63, 3.8) is 0 Å². The Hall–Kier alpha value is -3.43. The highest BCUT2D eigenvalue weighted by Crippen LogP contribution is 2.21. The summed E-state index contributed by atoms with van der Waals surface area (Å²) in [6.45, 7) is 13.8. The Balaban J connectivity index is 2.85. The van der Waals surface area contributed by atoms with Gasteiger partial charge in [0.05, 0.1) is 11.5 Å². The molecule has 0 aliphatic heterocycles. The molecule has 0 aliphatic rings. The van der Waals surface area contributed by atoms with E-state index in [4.69, 9.17) is 10.5 Å². The highest BCUT2D eigenvalue weighted by atomic mass is 16.5. The van der Waals surface area contributed by atoms with Crippen LogP contribution in [0.4, 0.5) is 10.5 Å². The largest absolute Gasteiger partial charge is 0.460 e. The summed E-state index contributed by atoms with van der Waals surface area (Å²) in [5, 5.41) is 8.28. The van der Waals surface area contributed by atoms with Crippen molar-refractivity contribution in [3.05, 3.63) is 29.8 Å². The van der Waals surface area contributed by atoms with Gasteiger partial charge in [0.2, 0.25) is 11.8 Å². The fraction of sp³-hybridized carbons (Fsp3) is 0.667. The number of Topliss-reactive ketones (excluding diaryl/α,β-unsaturated/α-hetero) is 1. The molecule has 5 N–H and O–H groups in total. The van der Waals surface area contributed by atoms with Crippen LogP contribution in [0.25, 0.3) is 0 Å². The monoisotopic (exact) mass is 602 g/mol. The van der Waals surface area contributed by atoms with Crippen LogP contribution >= 0.6 is 0 Å². The molecule has 0 saturated carbocycles. The molecule has 43 heavy (non-hydrogen) atoms. The van der Waals surface area contributed by atoms with Gasteiger partial charge in [-0.15, -0.1) is 0 Å². The molecule has 0 unspecified atom stereocenters. The van der Waals surface area contributed by atoms with Crippen LogP contribution in [0, 0.1) is 23.2 Å². The molecule has 1 rings (SSSR count). The zero-order valence-corrected chi connectivity index (χ0v) is 27.2. The first-order chi connectivity index (χ1) is 20.1. The van der Waals surface area contributed by atoms with Gasteiger partial charge < -0.3 is 26.4 Å². The summed E-state index contributed by atoms with van der Waals surface area (Å²) in [4.78, 5) is 62.5. The Morgan fingerprint density at radius 3 is 2.09 bits per heavy atom. The van der Waals surface area contributed by atoms with E-state index in [-0.39, 0.29) is 49.1 Å². The van der Waals surface area contributed by atoms with Crippen molar-refractivity contribution in [2.24, 2.45) is 28.9 Å². The molecule has 2 atom stereocenters. The molecule has 0 fully saturated rings. The highest BCUT2D eigenvalue weighted by molar-refractivity contribution is 5.97. The van der Waals surface area contributed by atoms with E-state index in [1.807, 2.05) is 13.8 Å². The maximum Gasteiger partial charge on any atom is 0.312 e. The van der Waals surface area contributed by atoms with Gasteiger partial charge in [0.25, 0.3) is 0 Å². The van der Waals surface area contributed by atoms with E-state index in [9.17, 15) is 24.0 Å². The number of amides is 4. The number of rotatable bonds is 19. The van der Waals surface area contributed by atoms with Gasteiger partial charge in [0, 0.05) is 31.0 Å². The van der Waals surface area contributed by atoms with Crippen LogP contribution in [-0.2, 0) is 30.5 Å². The molecule has 0 radical (unpaired) electrons.